The molecule has 0 unspecified atom stereocenters. The van der Waals surface area contributed by atoms with Gasteiger partial charge in [0.05, 0.1) is 13.7 Å². The maximum Gasteiger partial charge on any atom is 0.401 e. The predicted octanol–water partition coefficient (Wildman–Crippen LogP) is 3.46. The van der Waals surface area contributed by atoms with E-state index >= 15 is 0 Å². The van der Waals surface area contributed by atoms with E-state index in [0.717, 1.165) is 0 Å². The van der Waals surface area contributed by atoms with Crippen molar-refractivity contribution in [3.8, 4) is 5.75 Å². The SMILES string of the molecule is COc1ccc(Cl)cc1C=CC(=O)N1CCCN(CC(F)(F)F)CC1. The first-order chi connectivity index (χ1) is 11.8. The molecule has 1 aliphatic heterocycles. The van der Waals surface area contributed by atoms with Crippen LogP contribution in [0.15, 0.2) is 24.3 Å². The lowest BCUT2D eigenvalue weighted by Gasteiger charge is -2.22. The molecule has 1 heterocycles. The van der Waals surface area contributed by atoms with Crippen molar-refractivity contribution in [1.29, 1.82) is 0 Å². The second-order valence-electron chi connectivity index (χ2n) is 5.79. The van der Waals surface area contributed by atoms with Gasteiger partial charge in [-0.25, -0.2) is 0 Å². The molecule has 1 aromatic carbocycles. The van der Waals surface area contributed by atoms with Crippen LogP contribution in [-0.2, 0) is 4.79 Å². The van der Waals surface area contributed by atoms with Gasteiger partial charge in [-0.15, -0.1) is 0 Å². The number of amides is 1. The summed E-state index contributed by atoms with van der Waals surface area (Å²) in [7, 11) is 1.52. The lowest BCUT2D eigenvalue weighted by atomic mass is 10.2. The van der Waals surface area contributed by atoms with Gasteiger partial charge in [0, 0.05) is 42.8 Å². The summed E-state index contributed by atoms with van der Waals surface area (Å²) in [5, 5.41) is 0.519. The molecular weight excluding hydrogens is 357 g/mol. The number of rotatable bonds is 4. The van der Waals surface area contributed by atoms with Crippen LogP contribution in [0.4, 0.5) is 13.2 Å². The van der Waals surface area contributed by atoms with Crippen LogP contribution in [0.25, 0.3) is 6.08 Å². The van der Waals surface area contributed by atoms with E-state index in [1.165, 1.54) is 18.1 Å². The quantitative estimate of drug-likeness (QED) is 0.754. The summed E-state index contributed by atoms with van der Waals surface area (Å²) in [6.07, 6.45) is -0.711. The van der Waals surface area contributed by atoms with Crippen molar-refractivity contribution in [1.82, 2.24) is 9.80 Å². The molecule has 0 spiro atoms. The molecule has 0 aromatic heterocycles. The lowest BCUT2D eigenvalue weighted by Crippen LogP contribution is -2.38. The number of ether oxygens (including phenoxy) is 1. The highest BCUT2D eigenvalue weighted by Crippen LogP contribution is 2.24. The van der Waals surface area contributed by atoms with Gasteiger partial charge in [-0.05, 0) is 30.7 Å². The van der Waals surface area contributed by atoms with E-state index in [9.17, 15) is 18.0 Å². The fourth-order valence-electron chi connectivity index (χ4n) is 2.70. The largest absolute Gasteiger partial charge is 0.496 e. The molecule has 1 saturated heterocycles. The van der Waals surface area contributed by atoms with Crippen molar-refractivity contribution < 1.29 is 22.7 Å². The number of carbonyl (C=O) groups is 1. The fourth-order valence-corrected chi connectivity index (χ4v) is 2.89. The average Bonchev–Trinajstić information content (AvgIpc) is 2.76. The number of hydrogen-bond acceptors (Lipinski definition) is 3. The molecule has 0 atom stereocenters. The molecule has 8 heteroatoms. The third kappa shape index (κ3) is 6.25. The molecule has 138 valence electrons. The molecule has 1 fully saturated rings. The minimum absolute atomic E-state index is 0.208. The smallest absolute Gasteiger partial charge is 0.401 e. The summed E-state index contributed by atoms with van der Waals surface area (Å²) in [5.41, 5.74) is 0.664. The third-order valence-electron chi connectivity index (χ3n) is 3.90. The Morgan fingerprint density at radius 2 is 2.04 bits per heavy atom. The Bertz CT molecular complexity index is 635. The molecule has 0 N–H and O–H groups in total. The van der Waals surface area contributed by atoms with Crippen LogP contribution >= 0.6 is 11.6 Å². The Labute approximate surface area is 149 Å². The minimum atomic E-state index is -4.22. The maximum absolute atomic E-state index is 12.5. The van der Waals surface area contributed by atoms with Gasteiger partial charge in [0.25, 0.3) is 0 Å². The predicted molar refractivity (Wildman–Crippen MR) is 90.7 cm³/mol. The zero-order chi connectivity index (χ0) is 18.4. The average molecular weight is 377 g/mol. The van der Waals surface area contributed by atoms with Gasteiger partial charge in [0.15, 0.2) is 0 Å². The number of benzene rings is 1. The van der Waals surface area contributed by atoms with Crippen LogP contribution < -0.4 is 4.74 Å². The van der Waals surface area contributed by atoms with Crippen molar-refractivity contribution in [2.75, 3.05) is 39.8 Å². The highest BCUT2D eigenvalue weighted by atomic mass is 35.5. The van der Waals surface area contributed by atoms with Gasteiger partial charge >= 0.3 is 6.18 Å². The van der Waals surface area contributed by atoms with Gasteiger partial charge in [-0.3, -0.25) is 9.69 Å². The van der Waals surface area contributed by atoms with Crippen molar-refractivity contribution in [2.24, 2.45) is 0 Å². The van der Waals surface area contributed by atoms with Crippen LogP contribution in [-0.4, -0.2) is 61.7 Å². The molecule has 0 bridgehead atoms. The van der Waals surface area contributed by atoms with Crippen LogP contribution in [0.3, 0.4) is 0 Å². The van der Waals surface area contributed by atoms with Crippen molar-refractivity contribution in [3.63, 3.8) is 0 Å². The standard InChI is InChI=1S/C17H20ClF3N2O2/c1-25-15-5-4-14(18)11-13(15)3-6-16(24)23-8-2-7-22(9-10-23)12-17(19,20)21/h3-6,11H,2,7-10,12H2,1H3. The Morgan fingerprint density at radius 3 is 2.72 bits per heavy atom. The summed E-state index contributed by atoms with van der Waals surface area (Å²) in [6, 6.07) is 5.06. The number of nitrogens with zero attached hydrogens (tertiary/aromatic N) is 2. The van der Waals surface area contributed by atoms with Crippen molar-refractivity contribution >= 4 is 23.6 Å². The molecule has 0 saturated carbocycles. The fraction of sp³-hybridized carbons (Fsp3) is 0.471. The molecular formula is C17H20ClF3N2O2. The summed E-state index contributed by atoms with van der Waals surface area (Å²) >= 11 is 5.95. The molecule has 2 rings (SSSR count). The van der Waals surface area contributed by atoms with E-state index in [1.54, 1.807) is 29.2 Å². The first kappa shape index (κ1) is 19.6. The molecule has 1 aromatic rings. The Hall–Kier alpha value is -1.73. The summed E-state index contributed by atoms with van der Waals surface area (Å²) in [5.74, 6) is 0.344. The monoisotopic (exact) mass is 376 g/mol. The molecule has 1 aliphatic rings. The van der Waals surface area contributed by atoms with Crippen molar-refractivity contribution in [3.05, 3.63) is 34.9 Å². The highest BCUT2D eigenvalue weighted by molar-refractivity contribution is 6.30. The van der Waals surface area contributed by atoms with Crippen molar-refractivity contribution in [2.45, 2.75) is 12.6 Å². The summed E-state index contributed by atoms with van der Waals surface area (Å²) in [6.45, 7) is 0.301. The normalized spacial score (nSPS) is 16.9. The van der Waals surface area contributed by atoms with Gasteiger partial charge < -0.3 is 9.64 Å². The molecule has 0 radical (unpaired) electrons. The van der Waals surface area contributed by atoms with E-state index < -0.39 is 12.7 Å². The molecule has 1 amide bonds. The molecule has 25 heavy (non-hydrogen) atoms. The number of halogens is 4. The van der Waals surface area contributed by atoms with Gasteiger partial charge in [-0.1, -0.05) is 11.6 Å². The number of methoxy groups -OCH3 is 1. The van der Waals surface area contributed by atoms with Crippen LogP contribution in [0.5, 0.6) is 5.75 Å². The summed E-state index contributed by atoms with van der Waals surface area (Å²) in [4.78, 5) is 15.2. The van der Waals surface area contributed by atoms with Crippen LogP contribution in [0.2, 0.25) is 5.02 Å². The Kier molecular flexibility index (Phi) is 6.72. The highest BCUT2D eigenvalue weighted by Gasteiger charge is 2.31. The van der Waals surface area contributed by atoms with Crippen LogP contribution in [0, 0.1) is 0 Å². The second-order valence-corrected chi connectivity index (χ2v) is 6.23. The van der Waals surface area contributed by atoms with E-state index in [0.29, 0.717) is 35.8 Å². The van der Waals surface area contributed by atoms with Gasteiger partial charge in [-0.2, -0.15) is 13.2 Å². The maximum atomic E-state index is 12.5. The number of alkyl halides is 3. The molecule has 0 aliphatic carbocycles. The zero-order valence-corrected chi connectivity index (χ0v) is 14.6. The zero-order valence-electron chi connectivity index (χ0n) is 13.9. The first-order valence-corrected chi connectivity index (χ1v) is 8.26. The topological polar surface area (TPSA) is 32.8 Å². The minimum Gasteiger partial charge on any atom is -0.496 e. The Balaban J connectivity index is 1.98. The van der Waals surface area contributed by atoms with E-state index in [2.05, 4.69) is 0 Å². The lowest BCUT2D eigenvalue weighted by molar-refractivity contribution is -0.145. The second kappa shape index (κ2) is 8.58. The van der Waals surface area contributed by atoms with Crippen LogP contribution in [0.1, 0.15) is 12.0 Å². The number of carbonyl (C=O) groups excluding carboxylic acids is 1. The third-order valence-corrected chi connectivity index (χ3v) is 4.14. The molecule has 4 nitrogen and oxygen atoms in total. The Morgan fingerprint density at radius 1 is 1.28 bits per heavy atom. The summed E-state index contributed by atoms with van der Waals surface area (Å²) < 4.78 is 42.7. The van der Waals surface area contributed by atoms with Gasteiger partial charge in [0.2, 0.25) is 5.91 Å². The first-order valence-electron chi connectivity index (χ1n) is 7.88. The van der Waals surface area contributed by atoms with E-state index in [4.69, 9.17) is 16.3 Å². The number of hydrogen-bond donors (Lipinski definition) is 0. The van der Waals surface area contributed by atoms with Gasteiger partial charge in [0.1, 0.15) is 5.75 Å². The van der Waals surface area contributed by atoms with E-state index in [-0.39, 0.29) is 19.0 Å². The van der Waals surface area contributed by atoms with E-state index in [1.807, 2.05) is 0 Å².